The van der Waals surface area contributed by atoms with Gasteiger partial charge in [0.1, 0.15) is 0 Å². The van der Waals surface area contributed by atoms with Crippen molar-refractivity contribution in [3.8, 4) is 0 Å². The summed E-state index contributed by atoms with van der Waals surface area (Å²) in [7, 11) is 0. The van der Waals surface area contributed by atoms with Crippen LogP contribution in [-0.2, 0) is 11.3 Å². The first-order valence-corrected chi connectivity index (χ1v) is 6.96. The number of guanidine groups is 1. The van der Waals surface area contributed by atoms with Gasteiger partial charge < -0.3 is 10.1 Å². The molecule has 0 spiro atoms. The molecule has 0 saturated carbocycles. The van der Waals surface area contributed by atoms with E-state index in [-0.39, 0.29) is 0 Å². The number of nitrogens with zero attached hydrogens (tertiary/aromatic N) is 1. The Kier molecular flexibility index (Phi) is 7.40. The molecular weight excluding hydrogens is 248 g/mol. The average Bonchev–Trinajstić information content (AvgIpc) is 2.78. The minimum Gasteiger partial charge on any atom is -0.382 e. The molecule has 0 atom stereocenters. The molecule has 1 heterocycles. The van der Waals surface area contributed by atoms with Crippen molar-refractivity contribution in [1.82, 2.24) is 10.7 Å². The van der Waals surface area contributed by atoms with Crippen LogP contribution in [0.25, 0.3) is 0 Å². The van der Waals surface area contributed by atoms with E-state index in [2.05, 4.69) is 34.8 Å². The van der Waals surface area contributed by atoms with Crippen molar-refractivity contribution < 1.29 is 4.74 Å². The Labute approximate surface area is 112 Å². The summed E-state index contributed by atoms with van der Waals surface area (Å²) >= 11 is 1.75. The molecule has 0 saturated heterocycles. The lowest BCUT2D eigenvalue weighted by Gasteiger charge is -2.08. The van der Waals surface area contributed by atoms with Gasteiger partial charge in [-0.05, 0) is 32.4 Å². The molecule has 102 valence electrons. The van der Waals surface area contributed by atoms with Crippen molar-refractivity contribution in [2.24, 2.45) is 10.8 Å². The van der Waals surface area contributed by atoms with E-state index in [1.807, 2.05) is 6.92 Å². The number of aryl methyl sites for hydroxylation is 1. The third kappa shape index (κ3) is 6.00. The highest BCUT2D eigenvalue weighted by Crippen LogP contribution is 2.15. The quantitative estimate of drug-likeness (QED) is 0.230. The molecule has 1 aromatic heterocycles. The number of nitrogens with two attached hydrogens (primary N) is 1. The molecule has 0 unspecified atom stereocenters. The number of hydrazine groups is 1. The predicted octanol–water partition coefficient (Wildman–Crippen LogP) is 1.39. The van der Waals surface area contributed by atoms with Crippen LogP contribution in [0.5, 0.6) is 0 Å². The first-order chi connectivity index (χ1) is 8.76. The lowest BCUT2D eigenvalue weighted by Crippen LogP contribution is -2.42. The van der Waals surface area contributed by atoms with Crippen LogP contribution in [0.3, 0.4) is 0 Å². The van der Waals surface area contributed by atoms with Crippen LogP contribution < -0.4 is 16.6 Å². The van der Waals surface area contributed by atoms with Crippen molar-refractivity contribution in [3.05, 3.63) is 21.9 Å². The summed E-state index contributed by atoms with van der Waals surface area (Å²) in [4.78, 5) is 6.91. The predicted molar refractivity (Wildman–Crippen MR) is 76.6 cm³/mol. The zero-order valence-corrected chi connectivity index (χ0v) is 11.8. The van der Waals surface area contributed by atoms with Gasteiger partial charge in [-0.2, -0.15) is 0 Å². The number of aliphatic imine (C=N–C) groups is 1. The fourth-order valence-corrected chi connectivity index (χ4v) is 2.22. The second-order valence-electron chi connectivity index (χ2n) is 3.80. The minimum atomic E-state index is 0.623. The van der Waals surface area contributed by atoms with Crippen LogP contribution in [0.15, 0.2) is 17.1 Å². The zero-order valence-electron chi connectivity index (χ0n) is 11.0. The number of ether oxygens (including phenoxy) is 1. The fourth-order valence-electron chi connectivity index (χ4n) is 1.41. The van der Waals surface area contributed by atoms with Gasteiger partial charge in [-0.25, -0.2) is 10.8 Å². The molecule has 4 N–H and O–H groups in total. The van der Waals surface area contributed by atoms with Gasteiger partial charge in [-0.15, -0.1) is 11.3 Å². The Balaban J connectivity index is 2.27. The van der Waals surface area contributed by atoms with E-state index in [9.17, 15) is 0 Å². The van der Waals surface area contributed by atoms with E-state index >= 15 is 0 Å². The Bertz CT molecular complexity index is 365. The molecule has 0 bridgehead atoms. The fraction of sp³-hybridized carbons (Fsp3) is 0.583. The van der Waals surface area contributed by atoms with E-state index in [0.717, 1.165) is 26.2 Å². The number of hydrogen-bond donors (Lipinski definition) is 3. The highest BCUT2D eigenvalue weighted by Gasteiger charge is 1.98. The first-order valence-electron chi connectivity index (χ1n) is 6.14. The Morgan fingerprint density at radius 2 is 2.33 bits per heavy atom. The van der Waals surface area contributed by atoms with Gasteiger partial charge >= 0.3 is 0 Å². The van der Waals surface area contributed by atoms with Crippen LogP contribution in [0.2, 0.25) is 0 Å². The number of thiophene rings is 1. The summed E-state index contributed by atoms with van der Waals surface area (Å²) in [5.41, 5.74) is 2.57. The van der Waals surface area contributed by atoms with Crippen LogP contribution in [0, 0.1) is 6.92 Å². The SMILES string of the molecule is CCOCCCNC(=NCc1ccc(C)s1)NN. The molecule has 1 rings (SSSR count). The van der Waals surface area contributed by atoms with Crippen LogP contribution in [0.1, 0.15) is 23.1 Å². The number of nitrogens with one attached hydrogen (secondary N) is 2. The number of rotatable bonds is 7. The molecule has 18 heavy (non-hydrogen) atoms. The van der Waals surface area contributed by atoms with E-state index in [1.165, 1.54) is 9.75 Å². The summed E-state index contributed by atoms with van der Waals surface area (Å²) in [6.45, 7) is 7.04. The molecule has 0 amide bonds. The van der Waals surface area contributed by atoms with Crippen molar-refractivity contribution in [2.75, 3.05) is 19.8 Å². The van der Waals surface area contributed by atoms with Crippen LogP contribution in [0.4, 0.5) is 0 Å². The van der Waals surface area contributed by atoms with Gasteiger partial charge in [0.05, 0.1) is 6.54 Å². The highest BCUT2D eigenvalue weighted by atomic mass is 32.1. The Morgan fingerprint density at radius 1 is 1.50 bits per heavy atom. The summed E-state index contributed by atoms with van der Waals surface area (Å²) < 4.78 is 5.25. The maximum atomic E-state index is 5.41. The van der Waals surface area contributed by atoms with Gasteiger partial charge in [0.15, 0.2) is 0 Å². The zero-order chi connectivity index (χ0) is 13.2. The molecule has 0 aliphatic heterocycles. The van der Waals surface area contributed by atoms with Gasteiger partial charge in [-0.1, -0.05) is 0 Å². The summed E-state index contributed by atoms with van der Waals surface area (Å²) in [6, 6.07) is 4.19. The second kappa shape index (κ2) is 8.91. The standard InChI is InChI=1S/C12H22N4OS/c1-3-17-8-4-7-14-12(16-13)15-9-11-6-5-10(2)18-11/h5-6H,3-4,7-9,13H2,1-2H3,(H2,14,15,16). The third-order valence-electron chi connectivity index (χ3n) is 2.29. The molecular formula is C12H22N4OS. The lowest BCUT2D eigenvalue weighted by molar-refractivity contribution is 0.145. The smallest absolute Gasteiger partial charge is 0.206 e. The van der Waals surface area contributed by atoms with E-state index < -0.39 is 0 Å². The Hall–Kier alpha value is -1.11. The summed E-state index contributed by atoms with van der Waals surface area (Å²) in [5.74, 6) is 6.03. The van der Waals surface area contributed by atoms with Crippen molar-refractivity contribution >= 4 is 17.3 Å². The van der Waals surface area contributed by atoms with Gasteiger partial charge in [0.25, 0.3) is 0 Å². The van der Waals surface area contributed by atoms with Crippen molar-refractivity contribution in [3.63, 3.8) is 0 Å². The lowest BCUT2D eigenvalue weighted by atomic mass is 10.4. The molecule has 5 nitrogen and oxygen atoms in total. The van der Waals surface area contributed by atoms with Gasteiger partial charge in [0, 0.05) is 29.5 Å². The normalized spacial score (nSPS) is 11.6. The molecule has 0 aliphatic rings. The Morgan fingerprint density at radius 3 is 2.94 bits per heavy atom. The molecule has 0 aromatic carbocycles. The number of hydrogen-bond acceptors (Lipinski definition) is 4. The maximum Gasteiger partial charge on any atom is 0.206 e. The van der Waals surface area contributed by atoms with E-state index in [4.69, 9.17) is 10.6 Å². The molecule has 1 aromatic rings. The minimum absolute atomic E-state index is 0.623. The maximum absolute atomic E-state index is 5.41. The molecule has 0 radical (unpaired) electrons. The summed E-state index contributed by atoms with van der Waals surface area (Å²) in [6.07, 6.45) is 0.937. The van der Waals surface area contributed by atoms with Gasteiger partial charge in [-0.3, -0.25) is 5.43 Å². The van der Waals surface area contributed by atoms with Crippen molar-refractivity contribution in [2.45, 2.75) is 26.8 Å². The van der Waals surface area contributed by atoms with Crippen LogP contribution >= 0.6 is 11.3 Å². The average molecular weight is 270 g/mol. The topological polar surface area (TPSA) is 71.7 Å². The summed E-state index contributed by atoms with van der Waals surface area (Å²) in [5, 5.41) is 3.14. The second-order valence-corrected chi connectivity index (χ2v) is 5.17. The third-order valence-corrected chi connectivity index (χ3v) is 3.27. The monoisotopic (exact) mass is 270 g/mol. The first kappa shape index (κ1) is 14.9. The molecule has 0 aliphatic carbocycles. The molecule has 6 heteroatoms. The largest absolute Gasteiger partial charge is 0.382 e. The van der Waals surface area contributed by atoms with E-state index in [0.29, 0.717) is 12.5 Å². The van der Waals surface area contributed by atoms with Gasteiger partial charge in [0.2, 0.25) is 5.96 Å². The highest BCUT2D eigenvalue weighted by molar-refractivity contribution is 7.11. The van der Waals surface area contributed by atoms with Crippen molar-refractivity contribution in [1.29, 1.82) is 0 Å². The van der Waals surface area contributed by atoms with E-state index in [1.54, 1.807) is 11.3 Å². The van der Waals surface area contributed by atoms with Crippen LogP contribution in [-0.4, -0.2) is 25.7 Å². The molecule has 0 fully saturated rings.